The predicted molar refractivity (Wildman–Crippen MR) is 56.6 cm³/mol. The molecule has 0 spiro atoms. The van der Waals surface area contributed by atoms with E-state index < -0.39 is 17.4 Å². The first kappa shape index (κ1) is 10.9. The highest BCUT2D eigenvalue weighted by molar-refractivity contribution is 7.13. The highest BCUT2D eigenvalue weighted by atomic mass is 32.1. The Hall–Kier alpha value is -1.62. The van der Waals surface area contributed by atoms with E-state index >= 15 is 0 Å². The summed E-state index contributed by atoms with van der Waals surface area (Å²) in [7, 11) is 0. The summed E-state index contributed by atoms with van der Waals surface area (Å²) in [5, 5.41) is 0.708. The maximum Gasteiger partial charge on any atom is 0.207 e. The van der Waals surface area contributed by atoms with Crippen LogP contribution >= 0.6 is 11.3 Å². The molecule has 2 rings (SSSR count). The number of carbonyl (C=O) groups excluding carboxylic acids is 1. The molecule has 5 heteroatoms. The second-order valence-corrected chi connectivity index (χ2v) is 4.43. The maximum atomic E-state index is 13.3. The van der Waals surface area contributed by atoms with Crippen LogP contribution in [0.1, 0.15) is 20.2 Å². The van der Waals surface area contributed by atoms with Gasteiger partial charge >= 0.3 is 0 Å². The number of hydrogen-bond donors (Lipinski definition) is 0. The molecule has 0 saturated carbocycles. The summed E-state index contributed by atoms with van der Waals surface area (Å²) in [4.78, 5) is 16.0. The van der Waals surface area contributed by atoms with Gasteiger partial charge in [0.2, 0.25) is 5.78 Å². The number of carbonyl (C=O) groups is 1. The lowest BCUT2D eigenvalue weighted by molar-refractivity contribution is 0.103. The first-order chi connectivity index (χ1) is 7.58. The number of benzene rings is 1. The minimum Gasteiger partial charge on any atom is -0.288 e. The number of nitrogens with zero attached hydrogens (tertiary/aromatic N) is 1. The third kappa shape index (κ3) is 1.99. The summed E-state index contributed by atoms with van der Waals surface area (Å²) in [5.74, 6) is -1.90. The van der Waals surface area contributed by atoms with Gasteiger partial charge in [-0.15, -0.1) is 11.3 Å². The lowest BCUT2D eigenvalue weighted by Crippen LogP contribution is -2.02. The Balaban J connectivity index is 2.45. The van der Waals surface area contributed by atoms with Gasteiger partial charge in [-0.1, -0.05) is 0 Å². The van der Waals surface area contributed by atoms with Gasteiger partial charge < -0.3 is 0 Å². The number of hydrogen-bond acceptors (Lipinski definition) is 3. The monoisotopic (exact) mass is 239 g/mol. The summed E-state index contributed by atoms with van der Waals surface area (Å²) < 4.78 is 26.2. The Labute approximate surface area is 94.6 Å². The first-order valence-corrected chi connectivity index (χ1v) is 5.32. The van der Waals surface area contributed by atoms with Crippen LogP contribution in [0, 0.1) is 18.6 Å². The van der Waals surface area contributed by atoms with Crippen LogP contribution in [0.5, 0.6) is 0 Å². The number of halogens is 2. The molecule has 0 saturated heterocycles. The maximum absolute atomic E-state index is 13.3. The largest absolute Gasteiger partial charge is 0.288 e. The molecular weight excluding hydrogens is 232 g/mol. The van der Waals surface area contributed by atoms with E-state index in [1.807, 2.05) is 0 Å². The van der Waals surface area contributed by atoms with Gasteiger partial charge in [0.25, 0.3) is 0 Å². The summed E-state index contributed by atoms with van der Waals surface area (Å²) in [6.45, 7) is 1.74. The smallest absolute Gasteiger partial charge is 0.207 e. The molecule has 82 valence electrons. The summed E-state index contributed by atoms with van der Waals surface area (Å²) >= 11 is 1.16. The van der Waals surface area contributed by atoms with E-state index in [2.05, 4.69) is 4.98 Å². The first-order valence-electron chi connectivity index (χ1n) is 4.50. The molecule has 0 aliphatic heterocycles. The van der Waals surface area contributed by atoms with Crippen LogP contribution in [0.25, 0.3) is 0 Å². The van der Waals surface area contributed by atoms with Crippen LogP contribution < -0.4 is 0 Å². The molecule has 0 amide bonds. The zero-order valence-electron chi connectivity index (χ0n) is 8.33. The van der Waals surface area contributed by atoms with E-state index in [1.54, 1.807) is 6.92 Å². The van der Waals surface area contributed by atoms with Crippen molar-refractivity contribution in [1.82, 2.24) is 4.98 Å². The molecule has 2 nitrogen and oxygen atoms in total. The van der Waals surface area contributed by atoms with Gasteiger partial charge in [0.15, 0.2) is 0 Å². The molecule has 2 aromatic rings. The van der Waals surface area contributed by atoms with E-state index in [0.29, 0.717) is 9.88 Å². The van der Waals surface area contributed by atoms with Gasteiger partial charge in [-0.2, -0.15) is 0 Å². The van der Waals surface area contributed by atoms with Crippen molar-refractivity contribution < 1.29 is 13.6 Å². The molecule has 0 bridgehead atoms. The molecular formula is C11H7F2NOS. The van der Waals surface area contributed by atoms with Crippen LogP contribution in [0.3, 0.4) is 0 Å². The minimum atomic E-state index is -0.725. The third-order valence-corrected chi connectivity index (χ3v) is 2.93. The molecule has 1 aromatic carbocycles. The molecule has 0 fully saturated rings. The number of aryl methyl sites for hydroxylation is 1. The number of thiazole rings is 1. The fraction of sp³-hybridized carbons (Fsp3) is 0.0909. The van der Waals surface area contributed by atoms with Crippen LogP contribution in [0.4, 0.5) is 8.78 Å². The molecule has 1 aromatic heterocycles. The Kier molecular flexibility index (Phi) is 2.78. The molecule has 0 aliphatic rings. The van der Waals surface area contributed by atoms with Gasteiger partial charge in [-0.25, -0.2) is 13.8 Å². The summed E-state index contributed by atoms with van der Waals surface area (Å²) in [6, 6.07) is 2.81. The van der Waals surface area contributed by atoms with Crippen molar-refractivity contribution in [3.63, 3.8) is 0 Å². The Morgan fingerprint density at radius 1 is 1.38 bits per heavy atom. The minimum absolute atomic E-state index is 0.261. The standard InChI is InChI=1S/C11H7F2NOS/c1-6-14-5-10(16-6)11(15)8-4-7(12)2-3-9(8)13/h2-5H,1H3. The number of ketones is 1. The van der Waals surface area contributed by atoms with Gasteiger partial charge in [-0.05, 0) is 25.1 Å². The summed E-state index contributed by atoms with van der Waals surface area (Å²) in [6.07, 6.45) is 1.37. The zero-order valence-corrected chi connectivity index (χ0v) is 9.15. The van der Waals surface area contributed by atoms with E-state index in [-0.39, 0.29) is 5.56 Å². The Bertz CT molecular complexity index is 551. The second kappa shape index (κ2) is 4.09. The van der Waals surface area contributed by atoms with E-state index in [0.717, 1.165) is 29.5 Å². The highest BCUT2D eigenvalue weighted by Gasteiger charge is 2.16. The fourth-order valence-electron chi connectivity index (χ4n) is 1.27. The van der Waals surface area contributed by atoms with E-state index in [4.69, 9.17) is 0 Å². The van der Waals surface area contributed by atoms with Crippen molar-refractivity contribution in [1.29, 1.82) is 0 Å². The fourth-order valence-corrected chi connectivity index (χ4v) is 2.00. The average Bonchev–Trinajstić information content (AvgIpc) is 2.67. The van der Waals surface area contributed by atoms with Crippen molar-refractivity contribution >= 4 is 17.1 Å². The van der Waals surface area contributed by atoms with Gasteiger partial charge in [-0.3, -0.25) is 4.79 Å². The summed E-state index contributed by atoms with van der Waals surface area (Å²) in [5.41, 5.74) is -0.261. The van der Waals surface area contributed by atoms with Crippen molar-refractivity contribution in [3.8, 4) is 0 Å². The third-order valence-electron chi connectivity index (χ3n) is 2.02. The van der Waals surface area contributed by atoms with Crippen LogP contribution in [-0.2, 0) is 0 Å². The Morgan fingerprint density at radius 3 is 2.75 bits per heavy atom. The quantitative estimate of drug-likeness (QED) is 0.754. The van der Waals surface area contributed by atoms with E-state index in [1.165, 1.54) is 6.20 Å². The topological polar surface area (TPSA) is 30.0 Å². The zero-order chi connectivity index (χ0) is 11.7. The van der Waals surface area contributed by atoms with Crippen molar-refractivity contribution in [2.24, 2.45) is 0 Å². The van der Waals surface area contributed by atoms with Crippen LogP contribution in [-0.4, -0.2) is 10.8 Å². The normalized spacial score (nSPS) is 10.4. The lowest BCUT2D eigenvalue weighted by atomic mass is 10.1. The highest BCUT2D eigenvalue weighted by Crippen LogP contribution is 2.19. The average molecular weight is 239 g/mol. The SMILES string of the molecule is Cc1ncc(C(=O)c2cc(F)ccc2F)s1. The molecule has 0 radical (unpaired) electrons. The molecule has 0 aliphatic carbocycles. The molecule has 0 atom stereocenters. The second-order valence-electron chi connectivity index (χ2n) is 3.20. The van der Waals surface area contributed by atoms with Crippen molar-refractivity contribution in [3.05, 3.63) is 51.5 Å². The lowest BCUT2D eigenvalue weighted by Gasteiger charge is -1.99. The van der Waals surface area contributed by atoms with Gasteiger partial charge in [0.1, 0.15) is 11.6 Å². The van der Waals surface area contributed by atoms with Gasteiger partial charge in [0.05, 0.1) is 15.4 Å². The van der Waals surface area contributed by atoms with E-state index in [9.17, 15) is 13.6 Å². The predicted octanol–water partition coefficient (Wildman–Crippen LogP) is 2.96. The van der Waals surface area contributed by atoms with Gasteiger partial charge in [0, 0.05) is 6.20 Å². The number of rotatable bonds is 2. The Morgan fingerprint density at radius 2 is 2.12 bits per heavy atom. The molecule has 0 N–H and O–H groups in total. The number of aromatic nitrogens is 1. The van der Waals surface area contributed by atoms with Crippen LogP contribution in [0.15, 0.2) is 24.4 Å². The van der Waals surface area contributed by atoms with Crippen molar-refractivity contribution in [2.75, 3.05) is 0 Å². The molecule has 0 unspecified atom stereocenters. The molecule has 16 heavy (non-hydrogen) atoms. The van der Waals surface area contributed by atoms with Crippen LogP contribution in [0.2, 0.25) is 0 Å². The molecule has 1 heterocycles. The van der Waals surface area contributed by atoms with Crippen molar-refractivity contribution in [2.45, 2.75) is 6.92 Å².